The molecule has 0 saturated carbocycles. The molecule has 0 radical (unpaired) electrons. The summed E-state index contributed by atoms with van der Waals surface area (Å²) < 4.78 is 41.7. The van der Waals surface area contributed by atoms with Gasteiger partial charge in [0.15, 0.2) is 5.82 Å². The van der Waals surface area contributed by atoms with Crippen molar-refractivity contribution in [1.29, 1.82) is 0 Å². The molecule has 2 heterocycles. The van der Waals surface area contributed by atoms with Crippen LogP contribution >= 0.6 is 11.6 Å². The monoisotopic (exact) mass is 482 g/mol. The van der Waals surface area contributed by atoms with Crippen LogP contribution < -0.4 is 15.9 Å². The largest absolute Gasteiger partial charge is 0.382 e. The number of hydrogen-bond acceptors (Lipinski definition) is 5. The van der Waals surface area contributed by atoms with E-state index in [2.05, 4.69) is 20.3 Å². The molecule has 0 aliphatic heterocycles. The topological polar surface area (TPSA) is 70.9 Å². The summed E-state index contributed by atoms with van der Waals surface area (Å²) in [4.78, 5) is 12.6. The molecule has 0 aliphatic rings. The Labute approximate surface area is 197 Å². The van der Waals surface area contributed by atoms with Crippen LogP contribution in [-0.4, -0.2) is 32.5 Å². The second kappa shape index (κ2) is 11.1. The van der Waals surface area contributed by atoms with Gasteiger partial charge in [0.1, 0.15) is 11.4 Å². The normalized spacial score (nSPS) is 15.2. The lowest BCUT2D eigenvalue weighted by Crippen LogP contribution is -2.36. The molecule has 9 heteroatoms. The molecular weight excluding hydrogens is 453 g/mol. The number of halogens is 4. The minimum absolute atomic E-state index is 0.221. The van der Waals surface area contributed by atoms with Crippen molar-refractivity contribution >= 4 is 35.0 Å². The van der Waals surface area contributed by atoms with Crippen LogP contribution in [-0.2, 0) is 5.60 Å². The van der Waals surface area contributed by atoms with Crippen LogP contribution in [0.2, 0.25) is 5.02 Å². The maximum absolute atomic E-state index is 15.3. The maximum Gasteiger partial charge on any atom is 0.258 e. The molecule has 2 rings (SSSR count). The molecule has 0 saturated heterocycles. The van der Waals surface area contributed by atoms with Crippen LogP contribution in [0.25, 0.3) is 17.7 Å². The van der Waals surface area contributed by atoms with Gasteiger partial charge in [-0.2, -0.15) is 0 Å². The van der Waals surface area contributed by atoms with Gasteiger partial charge in [0.2, 0.25) is 0 Å². The minimum atomic E-state index is -2.60. The van der Waals surface area contributed by atoms with Crippen molar-refractivity contribution in [1.82, 2.24) is 15.0 Å². The first-order valence-electron chi connectivity index (χ1n) is 10.7. The highest BCUT2D eigenvalue weighted by Gasteiger charge is 2.20. The summed E-state index contributed by atoms with van der Waals surface area (Å²) in [6.45, 7) is 9.65. The van der Waals surface area contributed by atoms with E-state index in [9.17, 15) is 13.9 Å². The Kier molecular flexibility index (Phi) is 9.03. The van der Waals surface area contributed by atoms with Crippen molar-refractivity contribution in [3.8, 4) is 0 Å². The van der Waals surface area contributed by atoms with E-state index < -0.39 is 23.9 Å². The summed E-state index contributed by atoms with van der Waals surface area (Å²) in [5.74, 6) is -0.360. The van der Waals surface area contributed by atoms with Crippen LogP contribution in [0.1, 0.15) is 64.5 Å². The molecule has 0 amide bonds. The molecule has 0 aliphatic carbocycles. The number of pyridine rings is 1. The van der Waals surface area contributed by atoms with Gasteiger partial charge in [-0.1, -0.05) is 31.0 Å². The highest BCUT2D eigenvalue weighted by molar-refractivity contribution is 6.33. The van der Waals surface area contributed by atoms with E-state index in [4.69, 9.17) is 11.6 Å². The van der Waals surface area contributed by atoms with E-state index in [0.29, 0.717) is 28.6 Å². The van der Waals surface area contributed by atoms with Gasteiger partial charge in [0, 0.05) is 29.3 Å². The second-order valence-corrected chi connectivity index (χ2v) is 8.79. The van der Waals surface area contributed by atoms with Crippen LogP contribution in [0.3, 0.4) is 0 Å². The number of hydrogen-bond donors (Lipinski definition) is 2. The van der Waals surface area contributed by atoms with Crippen molar-refractivity contribution < 1.29 is 18.3 Å². The molecule has 0 spiro atoms. The standard InChI is InChI=1S/C24H30ClF3N4O/c1-7-8-9-17-19(31-14(3)20(25)21(17)32-15(4)22(27)28)10-18(26)13(2)16-11-29-23(30-12-16)24(5,6)33/h9-12,15,22,32-33H,7-8H2,1-6H3/b17-9-,18-13-,19-10+. The third-order valence-electron chi connectivity index (χ3n) is 5.01. The van der Waals surface area contributed by atoms with Gasteiger partial charge in [-0.3, -0.25) is 4.98 Å². The number of unbranched alkanes of at least 4 members (excludes halogenated alkanes) is 1. The smallest absolute Gasteiger partial charge is 0.258 e. The lowest BCUT2D eigenvalue weighted by atomic mass is 10.1. The third-order valence-corrected chi connectivity index (χ3v) is 5.47. The fourth-order valence-electron chi connectivity index (χ4n) is 2.96. The van der Waals surface area contributed by atoms with Gasteiger partial charge < -0.3 is 10.4 Å². The van der Waals surface area contributed by atoms with E-state index in [1.807, 2.05) is 13.0 Å². The maximum atomic E-state index is 15.3. The van der Waals surface area contributed by atoms with Gasteiger partial charge in [-0.25, -0.2) is 23.1 Å². The first-order valence-corrected chi connectivity index (χ1v) is 11.1. The van der Waals surface area contributed by atoms with Crippen molar-refractivity contribution in [3.05, 3.63) is 50.9 Å². The molecule has 180 valence electrons. The second-order valence-electron chi connectivity index (χ2n) is 8.42. The summed E-state index contributed by atoms with van der Waals surface area (Å²) in [5, 5.41) is 13.7. The Balaban J connectivity index is 2.68. The Bertz CT molecular complexity index is 1130. The number of nitrogens with one attached hydrogen (secondary N) is 1. The third kappa shape index (κ3) is 6.77. The summed E-state index contributed by atoms with van der Waals surface area (Å²) in [6, 6.07) is -1.15. The number of aromatic nitrogens is 3. The van der Waals surface area contributed by atoms with Gasteiger partial charge in [-0.15, -0.1) is 0 Å². The highest BCUT2D eigenvalue weighted by atomic mass is 35.5. The van der Waals surface area contributed by atoms with Crippen LogP contribution in [0, 0.1) is 6.92 Å². The molecule has 0 bridgehead atoms. The molecule has 1 atom stereocenters. The van der Waals surface area contributed by atoms with Crippen molar-refractivity contribution in [2.24, 2.45) is 0 Å². The Morgan fingerprint density at radius 2 is 1.88 bits per heavy atom. The van der Waals surface area contributed by atoms with E-state index in [-0.39, 0.29) is 21.8 Å². The quantitative estimate of drug-likeness (QED) is 0.560. The molecular formula is C24H30ClF3N4O. The Morgan fingerprint density at radius 1 is 1.27 bits per heavy atom. The van der Waals surface area contributed by atoms with Crippen molar-refractivity contribution in [2.75, 3.05) is 5.32 Å². The number of nitrogens with zero attached hydrogens (tertiary/aromatic N) is 3. The first-order chi connectivity index (χ1) is 15.4. The van der Waals surface area contributed by atoms with Crippen LogP contribution in [0.5, 0.6) is 0 Å². The lowest BCUT2D eigenvalue weighted by molar-refractivity contribution is 0.0686. The zero-order valence-corrected chi connectivity index (χ0v) is 20.4. The van der Waals surface area contributed by atoms with Crippen molar-refractivity contribution in [2.45, 2.75) is 72.5 Å². The predicted molar refractivity (Wildman–Crippen MR) is 127 cm³/mol. The molecule has 5 nitrogen and oxygen atoms in total. The minimum Gasteiger partial charge on any atom is -0.382 e. The highest BCUT2D eigenvalue weighted by Crippen LogP contribution is 2.23. The fraction of sp³-hybridized carbons (Fsp3) is 0.458. The summed E-state index contributed by atoms with van der Waals surface area (Å²) in [5.41, 5.74) is 0.188. The SMILES string of the molecule is CCC\C=c1/c(NC(C)C(F)F)c(Cl)c(C)n/c1=C/C(F)=C(\C)c1cnc(C(C)(C)O)nc1. The molecule has 33 heavy (non-hydrogen) atoms. The molecule has 2 aromatic heterocycles. The van der Waals surface area contributed by atoms with Gasteiger partial charge in [0.25, 0.3) is 6.43 Å². The summed E-state index contributed by atoms with van der Waals surface area (Å²) >= 11 is 6.40. The zero-order valence-electron chi connectivity index (χ0n) is 19.7. The first kappa shape index (κ1) is 26.8. The average Bonchev–Trinajstić information content (AvgIpc) is 2.75. The summed E-state index contributed by atoms with van der Waals surface area (Å²) in [7, 11) is 0. The van der Waals surface area contributed by atoms with E-state index >= 15 is 4.39 Å². The molecule has 0 aromatic carbocycles. The summed E-state index contributed by atoms with van der Waals surface area (Å²) in [6.07, 6.45) is 4.77. The van der Waals surface area contributed by atoms with Crippen LogP contribution in [0.15, 0.2) is 18.2 Å². The zero-order chi connectivity index (χ0) is 24.9. The molecule has 0 fully saturated rings. The number of rotatable bonds is 8. The predicted octanol–water partition coefficient (Wildman–Crippen LogP) is 4.89. The molecule has 2 aromatic rings. The van der Waals surface area contributed by atoms with Gasteiger partial charge in [0.05, 0.1) is 27.8 Å². The van der Waals surface area contributed by atoms with E-state index in [0.717, 1.165) is 6.42 Å². The van der Waals surface area contributed by atoms with E-state index in [1.165, 1.54) is 25.4 Å². The number of allylic oxidation sites excluding steroid dienone is 2. The number of aryl methyl sites for hydroxylation is 1. The number of anilines is 1. The lowest BCUT2D eigenvalue weighted by Gasteiger charge is -2.17. The van der Waals surface area contributed by atoms with Crippen molar-refractivity contribution in [3.63, 3.8) is 0 Å². The number of aliphatic hydroxyl groups is 1. The fourth-order valence-corrected chi connectivity index (χ4v) is 3.16. The average molecular weight is 483 g/mol. The number of alkyl halides is 2. The Hall–Kier alpha value is -2.45. The molecule has 2 N–H and O–H groups in total. The Morgan fingerprint density at radius 3 is 2.39 bits per heavy atom. The van der Waals surface area contributed by atoms with Crippen LogP contribution in [0.4, 0.5) is 18.9 Å². The van der Waals surface area contributed by atoms with Gasteiger partial charge in [-0.05, 0) is 46.6 Å². The molecule has 1 unspecified atom stereocenters. The van der Waals surface area contributed by atoms with E-state index in [1.54, 1.807) is 27.7 Å². The van der Waals surface area contributed by atoms with Gasteiger partial charge >= 0.3 is 0 Å².